The zero-order chi connectivity index (χ0) is 15.0. The highest BCUT2D eigenvalue weighted by atomic mass is 16.4. The zero-order valence-corrected chi connectivity index (χ0v) is 10.1. The summed E-state index contributed by atoms with van der Waals surface area (Å²) in [6.07, 6.45) is -7.56. The largest absolute Gasteiger partial charge is 0.481 e. The second-order valence-electron chi connectivity index (χ2n) is 3.96. The average Bonchev–Trinajstić information content (AvgIpc) is 2.39. The van der Waals surface area contributed by atoms with Crippen molar-refractivity contribution >= 4 is 11.9 Å². The Labute approximate surface area is 109 Å². The zero-order valence-electron chi connectivity index (χ0n) is 10.1. The summed E-state index contributed by atoms with van der Waals surface area (Å²) in [5.74, 6) is -2.04. The molecule has 9 heteroatoms. The minimum absolute atomic E-state index is 0.0203. The lowest BCUT2D eigenvalue weighted by Crippen LogP contribution is -2.51. The van der Waals surface area contributed by atoms with Gasteiger partial charge in [-0.3, -0.25) is 9.59 Å². The summed E-state index contributed by atoms with van der Waals surface area (Å²) in [6, 6.07) is 0. The molecule has 0 aliphatic carbocycles. The van der Waals surface area contributed by atoms with Crippen molar-refractivity contribution in [2.45, 2.75) is 37.3 Å². The number of carboxylic acid groups (broad SMARTS) is 1. The Morgan fingerprint density at radius 2 is 1.63 bits per heavy atom. The molecule has 0 saturated heterocycles. The lowest BCUT2D eigenvalue weighted by atomic mass is 10.0. The van der Waals surface area contributed by atoms with Crippen LogP contribution < -0.4 is 5.32 Å². The summed E-state index contributed by atoms with van der Waals surface area (Å²) in [7, 11) is 0. The SMILES string of the molecule is O=C(O)CCCNC(=O)C(O)C(O)C(O)C(O)CO. The van der Waals surface area contributed by atoms with Gasteiger partial charge in [-0.05, 0) is 6.42 Å². The summed E-state index contributed by atoms with van der Waals surface area (Å²) in [5.41, 5.74) is 0. The van der Waals surface area contributed by atoms with E-state index in [1.54, 1.807) is 0 Å². The molecule has 9 nitrogen and oxygen atoms in total. The molecule has 0 fully saturated rings. The number of aliphatic hydroxyl groups excluding tert-OH is 5. The van der Waals surface area contributed by atoms with Crippen molar-refractivity contribution in [2.24, 2.45) is 0 Å². The number of hydrogen-bond acceptors (Lipinski definition) is 7. The van der Waals surface area contributed by atoms with Gasteiger partial charge in [0.25, 0.3) is 5.91 Å². The highest BCUT2D eigenvalue weighted by Crippen LogP contribution is 2.05. The number of rotatable bonds is 9. The van der Waals surface area contributed by atoms with Crippen LogP contribution in [-0.2, 0) is 9.59 Å². The molecule has 0 heterocycles. The molecular formula is C10H19NO8. The first-order valence-electron chi connectivity index (χ1n) is 5.63. The third-order valence-corrected chi connectivity index (χ3v) is 2.39. The van der Waals surface area contributed by atoms with E-state index >= 15 is 0 Å². The van der Waals surface area contributed by atoms with Crippen molar-refractivity contribution in [3.8, 4) is 0 Å². The quantitative estimate of drug-likeness (QED) is 0.213. The first-order valence-corrected chi connectivity index (χ1v) is 5.63. The van der Waals surface area contributed by atoms with Crippen molar-refractivity contribution in [3.05, 3.63) is 0 Å². The standard InChI is InChI=1S/C10H19NO8/c12-4-5(13)7(16)8(17)9(18)10(19)11-3-1-2-6(14)15/h5,7-9,12-13,16-18H,1-4H2,(H,11,19)(H,14,15). The molecule has 1 amide bonds. The van der Waals surface area contributed by atoms with E-state index in [0.717, 1.165) is 0 Å². The summed E-state index contributed by atoms with van der Waals surface area (Å²) in [6.45, 7) is -0.862. The Kier molecular flexibility index (Phi) is 8.19. The number of aliphatic hydroxyl groups is 5. The molecule has 0 spiro atoms. The molecule has 0 rings (SSSR count). The van der Waals surface area contributed by atoms with Gasteiger partial charge in [-0.1, -0.05) is 0 Å². The minimum atomic E-state index is -2.00. The molecule has 0 saturated carbocycles. The van der Waals surface area contributed by atoms with Gasteiger partial charge < -0.3 is 36.0 Å². The molecule has 19 heavy (non-hydrogen) atoms. The van der Waals surface area contributed by atoms with Crippen LogP contribution in [0.15, 0.2) is 0 Å². The summed E-state index contributed by atoms with van der Waals surface area (Å²) in [4.78, 5) is 21.5. The van der Waals surface area contributed by atoms with E-state index in [0.29, 0.717) is 0 Å². The van der Waals surface area contributed by atoms with E-state index < -0.39 is 42.9 Å². The molecule has 0 aromatic rings. The molecule has 0 bridgehead atoms. The Bertz CT molecular complexity index is 297. The van der Waals surface area contributed by atoms with Gasteiger partial charge in [0.2, 0.25) is 0 Å². The van der Waals surface area contributed by atoms with Crippen LogP contribution in [0.1, 0.15) is 12.8 Å². The maximum absolute atomic E-state index is 11.3. The van der Waals surface area contributed by atoms with E-state index in [1.807, 2.05) is 0 Å². The first kappa shape index (κ1) is 17.7. The van der Waals surface area contributed by atoms with Crippen LogP contribution >= 0.6 is 0 Å². The van der Waals surface area contributed by atoms with Crippen LogP contribution in [0.4, 0.5) is 0 Å². The van der Waals surface area contributed by atoms with Crippen LogP contribution in [0.3, 0.4) is 0 Å². The van der Waals surface area contributed by atoms with Gasteiger partial charge in [0.1, 0.15) is 18.3 Å². The van der Waals surface area contributed by atoms with E-state index in [-0.39, 0.29) is 19.4 Å². The fourth-order valence-electron chi connectivity index (χ4n) is 1.23. The van der Waals surface area contributed by atoms with Crippen LogP contribution in [0.5, 0.6) is 0 Å². The lowest BCUT2D eigenvalue weighted by Gasteiger charge is -2.24. The number of carbonyl (C=O) groups excluding carboxylic acids is 1. The average molecular weight is 281 g/mol. The number of aliphatic carboxylic acids is 1. The third-order valence-electron chi connectivity index (χ3n) is 2.39. The third kappa shape index (κ3) is 6.45. The smallest absolute Gasteiger partial charge is 0.303 e. The van der Waals surface area contributed by atoms with Crippen LogP contribution in [0.2, 0.25) is 0 Å². The van der Waals surface area contributed by atoms with E-state index in [4.69, 9.17) is 15.3 Å². The predicted octanol–water partition coefficient (Wildman–Crippen LogP) is -3.60. The summed E-state index contributed by atoms with van der Waals surface area (Å²) in [5, 5.41) is 56.1. The van der Waals surface area contributed by atoms with Crippen molar-refractivity contribution in [1.29, 1.82) is 0 Å². The highest BCUT2D eigenvalue weighted by Gasteiger charge is 2.33. The molecule has 112 valence electrons. The van der Waals surface area contributed by atoms with Gasteiger partial charge in [-0.15, -0.1) is 0 Å². The molecule has 4 atom stereocenters. The number of amides is 1. The van der Waals surface area contributed by atoms with Crippen LogP contribution in [0, 0.1) is 0 Å². The summed E-state index contributed by atoms with van der Waals surface area (Å²) >= 11 is 0. The monoisotopic (exact) mass is 281 g/mol. The minimum Gasteiger partial charge on any atom is -0.481 e. The fourth-order valence-corrected chi connectivity index (χ4v) is 1.23. The number of carboxylic acids is 1. The molecule has 0 aromatic carbocycles. The van der Waals surface area contributed by atoms with Gasteiger partial charge >= 0.3 is 5.97 Å². The Morgan fingerprint density at radius 1 is 1.05 bits per heavy atom. The Balaban J connectivity index is 4.13. The number of carbonyl (C=O) groups is 2. The van der Waals surface area contributed by atoms with Gasteiger partial charge in [0.05, 0.1) is 6.61 Å². The maximum Gasteiger partial charge on any atom is 0.303 e. The van der Waals surface area contributed by atoms with Gasteiger partial charge in [-0.25, -0.2) is 0 Å². The second-order valence-corrected chi connectivity index (χ2v) is 3.96. The van der Waals surface area contributed by atoms with Gasteiger partial charge in [0.15, 0.2) is 6.10 Å². The molecular weight excluding hydrogens is 262 g/mol. The summed E-state index contributed by atoms with van der Waals surface area (Å²) < 4.78 is 0. The number of nitrogens with one attached hydrogen (secondary N) is 1. The predicted molar refractivity (Wildman–Crippen MR) is 61.0 cm³/mol. The van der Waals surface area contributed by atoms with Crippen LogP contribution in [0.25, 0.3) is 0 Å². The van der Waals surface area contributed by atoms with Crippen molar-refractivity contribution in [3.63, 3.8) is 0 Å². The van der Waals surface area contributed by atoms with E-state index in [1.165, 1.54) is 0 Å². The Morgan fingerprint density at radius 3 is 2.11 bits per heavy atom. The molecule has 0 aliphatic rings. The van der Waals surface area contributed by atoms with Gasteiger partial charge in [0, 0.05) is 13.0 Å². The molecule has 4 unspecified atom stereocenters. The van der Waals surface area contributed by atoms with E-state index in [9.17, 15) is 24.9 Å². The van der Waals surface area contributed by atoms with E-state index in [2.05, 4.69) is 5.32 Å². The fraction of sp³-hybridized carbons (Fsp3) is 0.800. The second kappa shape index (κ2) is 8.77. The van der Waals surface area contributed by atoms with Crippen molar-refractivity contribution in [1.82, 2.24) is 5.32 Å². The first-order chi connectivity index (χ1) is 8.81. The van der Waals surface area contributed by atoms with Crippen LogP contribution in [-0.4, -0.2) is 80.1 Å². The highest BCUT2D eigenvalue weighted by molar-refractivity contribution is 5.81. The normalized spacial score (nSPS) is 17.3. The van der Waals surface area contributed by atoms with Gasteiger partial charge in [-0.2, -0.15) is 0 Å². The molecule has 7 N–H and O–H groups in total. The topological polar surface area (TPSA) is 168 Å². The number of hydrogen-bond donors (Lipinski definition) is 7. The van der Waals surface area contributed by atoms with Crippen molar-refractivity contribution < 1.29 is 40.2 Å². The Hall–Kier alpha value is -1.26. The maximum atomic E-state index is 11.3. The molecule has 0 radical (unpaired) electrons. The molecule has 0 aromatic heterocycles. The molecule has 0 aliphatic heterocycles. The lowest BCUT2D eigenvalue weighted by molar-refractivity contribution is -0.149. The van der Waals surface area contributed by atoms with Crippen molar-refractivity contribution in [2.75, 3.05) is 13.2 Å².